The van der Waals surface area contributed by atoms with Crippen molar-refractivity contribution in [2.45, 2.75) is 18.8 Å². The molecule has 0 N–H and O–H groups in total. The maximum absolute atomic E-state index is 3.60. The first-order chi connectivity index (χ1) is 25.6. The zero-order valence-electron chi connectivity index (χ0n) is 29.1. The van der Waals surface area contributed by atoms with Crippen molar-refractivity contribution >= 4 is 15.9 Å². The molecule has 248 valence electrons. The quantitative estimate of drug-likeness (QED) is 0.169. The topological polar surface area (TPSA) is 0 Å². The van der Waals surface area contributed by atoms with Crippen molar-refractivity contribution in [2.24, 2.45) is 0 Å². The minimum Gasteiger partial charge on any atom is -0.0622 e. The first-order valence-corrected chi connectivity index (χ1v) is 18.8. The van der Waals surface area contributed by atoms with Crippen molar-refractivity contribution in [3.8, 4) is 44.5 Å². The molecule has 0 nitrogen and oxygen atoms in total. The summed E-state index contributed by atoms with van der Waals surface area (Å²) in [4.78, 5) is 0. The lowest BCUT2D eigenvalue weighted by Crippen LogP contribution is -2.26. The fourth-order valence-electron chi connectivity index (χ4n) is 8.35. The van der Waals surface area contributed by atoms with Crippen molar-refractivity contribution in [2.75, 3.05) is 0 Å². The summed E-state index contributed by atoms with van der Waals surface area (Å²) < 4.78 is 1.10. The predicted molar refractivity (Wildman–Crippen MR) is 222 cm³/mol. The van der Waals surface area contributed by atoms with Crippen LogP contribution in [0.5, 0.6) is 0 Å². The molecule has 8 aromatic rings. The van der Waals surface area contributed by atoms with E-state index in [0.717, 1.165) is 10.9 Å². The highest BCUT2D eigenvalue weighted by molar-refractivity contribution is 9.10. The second kappa shape index (κ2) is 13.4. The summed E-state index contributed by atoms with van der Waals surface area (Å²) in [6, 6.07) is 70.7. The number of rotatable bonds is 4. The van der Waals surface area contributed by atoms with Crippen LogP contribution in [0.3, 0.4) is 0 Å². The maximum Gasteiger partial charge on any atom is 0.0725 e. The van der Waals surface area contributed by atoms with E-state index in [1.807, 2.05) is 6.07 Å². The van der Waals surface area contributed by atoms with Crippen molar-refractivity contribution in [3.05, 3.63) is 238 Å². The van der Waals surface area contributed by atoms with Crippen molar-refractivity contribution < 1.29 is 0 Å². The highest BCUT2D eigenvalue weighted by Crippen LogP contribution is 2.62. The minimum absolute atomic E-state index is 0.278. The van der Waals surface area contributed by atoms with Crippen LogP contribution in [-0.4, -0.2) is 0 Å². The molecule has 0 amide bonds. The normalized spacial score (nSPS) is 12.7. The van der Waals surface area contributed by atoms with Gasteiger partial charge < -0.3 is 0 Å². The summed E-state index contributed by atoms with van der Waals surface area (Å²) in [7, 11) is 0. The summed E-state index contributed by atoms with van der Waals surface area (Å²) in [6.07, 6.45) is 0.905. The fourth-order valence-corrected chi connectivity index (χ4v) is 8.75. The molecule has 0 saturated carbocycles. The van der Waals surface area contributed by atoms with Gasteiger partial charge in [-0.05, 0) is 103 Å². The van der Waals surface area contributed by atoms with Gasteiger partial charge in [0.2, 0.25) is 0 Å². The zero-order chi connectivity index (χ0) is 35.1. The Labute approximate surface area is 315 Å². The van der Waals surface area contributed by atoms with Crippen molar-refractivity contribution in [1.29, 1.82) is 0 Å². The monoisotopic (exact) mass is 728 g/mol. The van der Waals surface area contributed by atoms with Crippen LogP contribution >= 0.6 is 15.9 Å². The minimum atomic E-state index is -0.278. The van der Waals surface area contributed by atoms with Gasteiger partial charge in [0, 0.05) is 4.47 Å². The molecule has 2 aliphatic rings. The average molecular weight is 730 g/mol. The molecule has 1 heteroatoms. The van der Waals surface area contributed by atoms with E-state index in [9.17, 15) is 0 Å². The third-order valence-electron chi connectivity index (χ3n) is 10.7. The van der Waals surface area contributed by atoms with Gasteiger partial charge in [-0.2, -0.15) is 0 Å². The van der Waals surface area contributed by atoms with Crippen LogP contribution in [0.25, 0.3) is 44.5 Å². The van der Waals surface area contributed by atoms with Crippen LogP contribution < -0.4 is 0 Å². The first-order valence-electron chi connectivity index (χ1n) is 18.0. The van der Waals surface area contributed by atoms with Gasteiger partial charge in [-0.15, -0.1) is 0 Å². The number of aryl methyl sites for hydroxylation is 1. The molecule has 1 spiro atoms. The van der Waals surface area contributed by atoms with Crippen LogP contribution in [0.1, 0.15) is 38.9 Å². The lowest BCUT2D eigenvalue weighted by Gasteiger charge is -2.30. The number of fused-ring (bicyclic) bond motifs is 10. The average Bonchev–Trinajstić information content (AvgIpc) is 3.66. The molecule has 0 fully saturated rings. The van der Waals surface area contributed by atoms with Gasteiger partial charge in [0.25, 0.3) is 0 Å². The molecule has 0 unspecified atom stereocenters. The molecule has 0 heterocycles. The molecule has 2 aliphatic carbocycles. The van der Waals surface area contributed by atoms with E-state index in [0.29, 0.717) is 0 Å². The van der Waals surface area contributed by atoms with Crippen LogP contribution in [0.4, 0.5) is 0 Å². The Morgan fingerprint density at radius 3 is 1.42 bits per heavy atom. The Bertz CT molecular complexity index is 2480. The summed E-state index contributed by atoms with van der Waals surface area (Å²) in [5.41, 5.74) is 19.7. The zero-order valence-corrected chi connectivity index (χ0v) is 30.6. The summed E-state index contributed by atoms with van der Waals surface area (Å²) >= 11 is 3.60. The molecular weight excluding hydrogens is 692 g/mol. The van der Waals surface area contributed by atoms with E-state index >= 15 is 0 Å². The van der Waals surface area contributed by atoms with Gasteiger partial charge in [-0.3, -0.25) is 0 Å². The summed E-state index contributed by atoms with van der Waals surface area (Å²) in [5, 5.41) is 0. The highest BCUT2D eigenvalue weighted by atomic mass is 79.9. The van der Waals surface area contributed by atoms with Crippen LogP contribution in [0.15, 0.2) is 199 Å². The molecule has 0 saturated heterocycles. The molecule has 8 aromatic carbocycles. The van der Waals surface area contributed by atoms with E-state index in [-0.39, 0.29) is 5.41 Å². The Morgan fingerprint density at radius 1 is 0.365 bits per heavy atom. The van der Waals surface area contributed by atoms with Crippen LogP contribution in [0.2, 0.25) is 0 Å². The SMILES string of the molecule is Brc1cccc(-c2ccc(Cc3ccc4c(c3)C3(c5ccccc5-c5ccccc53)c3ccccc3-4)cc2)c1.Cc1ccc(-c2ccccc2)cc1. The molecule has 0 aliphatic heterocycles. The maximum atomic E-state index is 3.60. The Balaban J connectivity index is 0.000000234. The Morgan fingerprint density at radius 2 is 0.827 bits per heavy atom. The number of halogens is 1. The third kappa shape index (κ3) is 5.54. The van der Waals surface area contributed by atoms with Crippen LogP contribution in [0, 0.1) is 6.92 Å². The predicted octanol–water partition coefficient (Wildman–Crippen LogP) is 13.7. The van der Waals surface area contributed by atoms with Gasteiger partial charge in [0.1, 0.15) is 0 Å². The third-order valence-corrected chi connectivity index (χ3v) is 11.2. The van der Waals surface area contributed by atoms with E-state index < -0.39 is 0 Å². The standard InChI is InChI=1S/C38H25Br.C13H12/c39-29-9-7-8-28(24-29)27-19-16-25(17-20-27)22-26-18-21-33-32-12-3-6-15-36(32)38(37(33)23-26)34-13-4-1-10-30(34)31-11-2-5-14-35(31)38;1-11-7-9-13(10-8-11)12-5-3-2-4-6-12/h1-21,23-24H,22H2;2-10H,1H3. The number of benzene rings is 8. The van der Waals surface area contributed by atoms with Crippen LogP contribution in [-0.2, 0) is 11.8 Å². The van der Waals surface area contributed by atoms with Gasteiger partial charge >= 0.3 is 0 Å². The molecule has 10 rings (SSSR count). The van der Waals surface area contributed by atoms with Gasteiger partial charge in [0.05, 0.1) is 5.41 Å². The van der Waals surface area contributed by atoms with E-state index in [4.69, 9.17) is 0 Å². The molecule has 0 bridgehead atoms. The number of hydrogen-bond donors (Lipinski definition) is 0. The molecule has 0 atom stereocenters. The van der Waals surface area contributed by atoms with E-state index in [1.165, 1.54) is 83.5 Å². The number of hydrogen-bond acceptors (Lipinski definition) is 0. The lowest BCUT2D eigenvalue weighted by atomic mass is 9.70. The highest BCUT2D eigenvalue weighted by Gasteiger charge is 2.51. The van der Waals surface area contributed by atoms with E-state index in [2.05, 4.69) is 211 Å². The Kier molecular flexibility index (Phi) is 8.30. The van der Waals surface area contributed by atoms with Crippen molar-refractivity contribution in [1.82, 2.24) is 0 Å². The van der Waals surface area contributed by atoms with Gasteiger partial charge in [-0.1, -0.05) is 203 Å². The largest absolute Gasteiger partial charge is 0.0725 e. The van der Waals surface area contributed by atoms with E-state index in [1.54, 1.807) is 0 Å². The fraction of sp³-hybridized carbons (Fsp3) is 0.0588. The lowest BCUT2D eigenvalue weighted by molar-refractivity contribution is 0.792. The second-order valence-electron chi connectivity index (χ2n) is 13.9. The van der Waals surface area contributed by atoms with Gasteiger partial charge in [0.15, 0.2) is 0 Å². The Hall–Kier alpha value is -5.76. The van der Waals surface area contributed by atoms with Gasteiger partial charge in [-0.25, -0.2) is 0 Å². The summed E-state index contributed by atoms with van der Waals surface area (Å²) in [6.45, 7) is 2.11. The second-order valence-corrected chi connectivity index (χ2v) is 14.8. The first kappa shape index (κ1) is 32.2. The molecule has 0 aromatic heterocycles. The molecule has 52 heavy (non-hydrogen) atoms. The smallest absolute Gasteiger partial charge is 0.0622 e. The van der Waals surface area contributed by atoms with Crippen molar-refractivity contribution in [3.63, 3.8) is 0 Å². The summed E-state index contributed by atoms with van der Waals surface area (Å²) in [5.74, 6) is 0. The molecular formula is C51H37Br. The molecule has 0 radical (unpaired) electrons.